The summed E-state index contributed by atoms with van der Waals surface area (Å²) in [6, 6.07) is 12.4. The van der Waals surface area contributed by atoms with Crippen molar-refractivity contribution in [3.8, 4) is 0 Å². The van der Waals surface area contributed by atoms with Crippen LogP contribution in [0.2, 0.25) is 0 Å². The van der Waals surface area contributed by atoms with Gasteiger partial charge in [-0.3, -0.25) is 4.79 Å². The molecule has 0 aliphatic carbocycles. The Labute approximate surface area is 115 Å². The zero-order chi connectivity index (χ0) is 13.0. The van der Waals surface area contributed by atoms with Gasteiger partial charge in [-0.2, -0.15) is 0 Å². The van der Waals surface area contributed by atoms with Crippen molar-refractivity contribution in [1.29, 1.82) is 0 Å². The Kier molecular flexibility index (Phi) is 4.20. The zero-order valence-corrected chi connectivity index (χ0v) is 11.8. The summed E-state index contributed by atoms with van der Waals surface area (Å²) < 4.78 is 1.08. The molecule has 2 aromatic carbocycles. The summed E-state index contributed by atoms with van der Waals surface area (Å²) in [5.41, 5.74) is 1.06. The fraction of sp³-hybridized carbons (Fsp3) is 0.214. The molecule has 0 unspecified atom stereocenters. The number of nitrogens with one attached hydrogen (secondary N) is 2. The predicted molar refractivity (Wildman–Crippen MR) is 78.8 cm³/mol. The van der Waals surface area contributed by atoms with E-state index in [1.165, 1.54) is 17.7 Å². The first-order valence-electron chi connectivity index (χ1n) is 5.83. The van der Waals surface area contributed by atoms with E-state index in [9.17, 15) is 4.79 Å². The number of rotatable bonds is 4. The molecule has 4 heteroatoms. The van der Waals surface area contributed by atoms with Crippen molar-refractivity contribution in [2.45, 2.75) is 6.92 Å². The van der Waals surface area contributed by atoms with Crippen LogP contribution >= 0.6 is 15.9 Å². The molecule has 0 spiro atoms. The van der Waals surface area contributed by atoms with Crippen LogP contribution in [0, 0.1) is 0 Å². The average molecular weight is 307 g/mol. The van der Waals surface area contributed by atoms with E-state index in [-0.39, 0.29) is 5.91 Å². The summed E-state index contributed by atoms with van der Waals surface area (Å²) in [5.74, 6) is 0.000150. The molecule has 0 saturated carbocycles. The van der Waals surface area contributed by atoms with Gasteiger partial charge in [0.05, 0.1) is 0 Å². The maximum Gasteiger partial charge on any atom is 0.216 e. The topological polar surface area (TPSA) is 41.1 Å². The second-order valence-electron chi connectivity index (χ2n) is 4.12. The van der Waals surface area contributed by atoms with E-state index in [1.807, 2.05) is 12.1 Å². The highest BCUT2D eigenvalue weighted by atomic mass is 79.9. The molecule has 0 radical (unpaired) electrons. The van der Waals surface area contributed by atoms with E-state index in [2.05, 4.69) is 50.8 Å². The summed E-state index contributed by atoms with van der Waals surface area (Å²) in [6.07, 6.45) is 0. The first-order valence-corrected chi connectivity index (χ1v) is 6.62. The number of carbonyl (C=O) groups excluding carboxylic acids is 1. The predicted octanol–water partition coefficient (Wildman–Crippen LogP) is 3.15. The van der Waals surface area contributed by atoms with Gasteiger partial charge in [-0.05, 0) is 35.0 Å². The van der Waals surface area contributed by atoms with Crippen LogP contribution < -0.4 is 10.6 Å². The van der Waals surface area contributed by atoms with E-state index in [4.69, 9.17) is 0 Å². The number of hydrogen-bond donors (Lipinski definition) is 2. The molecular formula is C14H15BrN2O. The highest BCUT2D eigenvalue weighted by Crippen LogP contribution is 2.22. The average Bonchev–Trinajstić information content (AvgIpc) is 2.34. The number of amides is 1. The molecule has 0 aliphatic heterocycles. The van der Waals surface area contributed by atoms with Gasteiger partial charge in [0.25, 0.3) is 0 Å². The van der Waals surface area contributed by atoms with E-state index < -0.39 is 0 Å². The van der Waals surface area contributed by atoms with Crippen molar-refractivity contribution < 1.29 is 4.79 Å². The summed E-state index contributed by atoms with van der Waals surface area (Å²) in [7, 11) is 0. The van der Waals surface area contributed by atoms with Crippen LogP contribution in [0.15, 0.2) is 40.9 Å². The maximum atomic E-state index is 10.7. The first-order chi connectivity index (χ1) is 8.65. The molecule has 94 valence electrons. The Balaban J connectivity index is 2.01. The third-order valence-electron chi connectivity index (χ3n) is 2.63. The summed E-state index contributed by atoms with van der Waals surface area (Å²) in [4.78, 5) is 10.7. The van der Waals surface area contributed by atoms with Crippen LogP contribution in [0.5, 0.6) is 0 Å². The molecule has 0 heterocycles. The van der Waals surface area contributed by atoms with Crippen LogP contribution in [-0.2, 0) is 4.79 Å². The third kappa shape index (κ3) is 3.47. The second-order valence-corrected chi connectivity index (χ2v) is 5.03. The largest absolute Gasteiger partial charge is 0.383 e. The van der Waals surface area contributed by atoms with Crippen molar-refractivity contribution in [1.82, 2.24) is 5.32 Å². The minimum absolute atomic E-state index is 0.000150. The van der Waals surface area contributed by atoms with Gasteiger partial charge >= 0.3 is 0 Å². The van der Waals surface area contributed by atoms with Gasteiger partial charge in [-0.15, -0.1) is 0 Å². The van der Waals surface area contributed by atoms with Gasteiger partial charge in [-0.1, -0.05) is 28.1 Å². The lowest BCUT2D eigenvalue weighted by atomic mass is 10.1. The monoisotopic (exact) mass is 306 g/mol. The Bertz CT molecular complexity index is 569. The smallest absolute Gasteiger partial charge is 0.216 e. The number of fused-ring (bicyclic) bond motifs is 1. The van der Waals surface area contributed by atoms with Crippen molar-refractivity contribution in [2.75, 3.05) is 18.4 Å². The van der Waals surface area contributed by atoms with Crippen LogP contribution in [0.25, 0.3) is 10.8 Å². The van der Waals surface area contributed by atoms with E-state index >= 15 is 0 Å². The van der Waals surface area contributed by atoms with Gasteiger partial charge in [0.2, 0.25) is 5.91 Å². The summed E-state index contributed by atoms with van der Waals surface area (Å²) >= 11 is 3.46. The van der Waals surface area contributed by atoms with Crippen LogP contribution in [0.4, 0.5) is 5.69 Å². The van der Waals surface area contributed by atoms with Crippen LogP contribution in [0.1, 0.15) is 6.92 Å². The fourth-order valence-electron chi connectivity index (χ4n) is 1.77. The molecular weight excluding hydrogens is 292 g/mol. The van der Waals surface area contributed by atoms with E-state index in [1.54, 1.807) is 0 Å². The van der Waals surface area contributed by atoms with Crippen LogP contribution in [-0.4, -0.2) is 19.0 Å². The molecule has 3 nitrogen and oxygen atoms in total. The Morgan fingerprint density at radius 2 is 1.83 bits per heavy atom. The molecule has 0 aliphatic rings. The fourth-order valence-corrected chi connectivity index (χ4v) is 2.15. The molecule has 0 fully saturated rings. The minimum Gasteiger partial charge on any atom is -0.383 e. The molecule has 1 amide bonds. The quantitative estimate of drug-likeness (QED) is 0.852. The highest BCUT2D eigenvalue weighted by Gasteiger charge is 1.97. The van der Waals surface area contributed by atoms with Crippen molar-refractivity contribution in [3.63, 3.8) is 0 Å². The first kappa shape index (κ1) is 12.9. The number of carbonyl (C=O) groups is 1. The molecule has 0 atom stereocenters. The van der Waals surface area contributed by atoms with Gasteiger partial charge in [0.15, 0.2) is 0 Å². The molecule has 0 aromatic heterocycles. The van der Waals surface area contributed by atoms with Gasteiger partial charge < -0.3 is 10.6 Å². The van der Waals surface area contributed by atoms with Crippen molar-refractivity contribution in [2.24, 2.45) is 0 Å². The number of anilines is 1. The lowest BCUT2D eigenvalue weighted by Crippen LogP contribution is -2.26. The molecule has 0 bridgehead atoms. The number of hydrogen-bond acceptors (Lipinski definition) is 2. The Morgan fingerprint density at radius 1 is 1.11 bits per heavy atom. The Hall–Kier alpha value is -1.55. The zero-order valence-electron chi connectivity index (χ0n) is 10.2. The molecule has 2 rings (SSSR count). The standard InChI is InChI=1S/C14H15BrN2O/c1-10(18)16-6-7-17-14-5-3-11-8-13(15)4-2-12(11)9-14/h2-5,8-9,17H,6-7H2,1H3,(H,16,18). The van der Waals surface area contributed by atoms with Crippen molar-refractivity contribution >= 4 is 38.3 Å². The van der Waals surface area contributed by atoms with Gasteiger partial charge in [0.1, 0.15) is 0 Å². The molecule has 0 saturated heterocycles. The SMILES string of the molecule is CC(=O)NCCNc1ccc2cc(Br)ccc2c1. The lowest BCUT2D eigenvalue weighted by Gasteiger charge is -2.08. The number of halogens is 1. The third-order valence-corrected chi connectivity index (χ3v) is 3.12. The summed E-state index contributed by atoms with van der Waals surface area (Å²) in [6.45, 7) is 2.88. The van der Waals surface area contributed by atoms with Gasteiger partial charge in [0, 0.05) is 30.2 Å². The normalized spacial score (nSPS) is 10.3. The van der Waals surface area contributed by atoms with E-state index in [0.29, 0.717) is 6.54 Å². The second kappa shape index (κ2) is 5.87. The maximum absolute atomic E-state index is 10.7. The van der Waals surface area contributed by atoms with Crippen molar-refractivity contribution in [3.05, 3.63) is 40.9 Å². The molecule has 18 heavy (non-hydrogen) atoms. The summed E-state index contributed by atoms with van der Waals surface area (Å²) in [5, 5.41) is 8.44. The highest BCUT2D eigenvalue weighted by molar-refractivity contribution is 9.10. The van der Waals surface area contributed by atoms with E-state index in [0.717, 1.165) is 16.7 Å². The lowest BCUT2D eigenvalue weighted by molar-refractivity contribution is -0.118. The molecule has 2 N–H and O–H groups in total. The number of benzene rings is 2. The van der Waals surface area contributed by atoms with Crippen LogP contribution in [0.3, 0.4) is 0 Å². The van der Waals surface area contributed by atoms with Gasteiger partial charge in [-0.25, -0.2) is 0 Å². The minimum atomic E-state index is 0.000150. The Morgan fingerprint density at radius 3 is 2.61 bits per heavy atom. The molecule has 2 aromatic rings.